The molecular formula is C22H34N2O2. The quantitative estimate of drug-likeness (QED) is 0.699. The van der Waals surface area contributed by atoms with Crippen molar-refractivity contribution in [3.63, 3.8) is 0 Å². The molecular weight excluding hydrogens is 324 g/mol. The van der Waals surface area contributed by atoms with Crippen LogP contribution in [0, 0.1) is 19.8 Å². The summed E-state index contributed by atoms with van der Waals surface area (Å²) in [6, 6.07) is 7.19. The topological polar surface area (TPSA) is 32.8 Å². The van der Waals surface area contributed by atoms with Crippen molar-refractivity contribution in [2.75, 3.05) is 32.8 Å². The van der Waals surface area contributed by atoms with E-state index in [0.717, 1.165) is 58.7 Å². The number of piperidine rings is 2. The second kappa shape index (κ2) is 9.01. The maximum absolute atomic E-state index is 12.4. The summed E-state index contributed by atoms with van der Waals surface area (Å²) in [5, 5.41) is 0. The largest absolute Gasteiger partial charge is 0.382 e. The van der Waals surface area contributed by atoms with Gasteiger partial charge in [0.05, 0.1) is 0 Å². The summed E-state index contributed by atoms with van der Waals surface area (Å²) in [7, 11) is 0. The van der Waals surface area contributed by atoms with Gasteiger partial charge < -0.3 is 9.64 Å². The van der Waals surface area contributed by atoms with Gasteiger partial charge in [0.1, 0.15) is 0 Å². The molecule has 0 radical (unpaired) electrons. The Morgan fingerprint density at radius 3 is 2.88 bits per heavy atom. The summed E-state index contributed by atoms with van der Waals surface area (Å²) in [6.45, 7) is 12.0. The number of likely N-dealkylation sites (tertiary alicyclic amines) is 2. The van der Waals surface area contributed by atoms with Crippen LogP contribution in [0.3, 0.4) is 0 Å². The Hall–Kier alpha value is -1.39. The van der Waals surface area contributed by atoms with Gasteiger partial charge in [0, 0.05) is 51.9 Å². The second-order valence-electron chi connectivity index (χ2n) is 7.96. The third-order valence-corrected chi connectivity index (χ3v) is 6.02. The van der Waals surface area contributed by atoms with E-state index >= 15 is 0 Å². The van der Waals surface area contributed by atoms with E-state index in [1.807, 2.05) is 6.92 Å². The molecule has 3 rings (SSSR count). The summed E-state index contributed by atoms with van der Waals surface area (Å²) >= 11 is 0. The van der Waals surface area contributed by atoms with Gasteiger partial charge in [-0.2, -0.15) is 0 Å². The number of fused-ring (bicyclic) bond motifs is 1. The monoisotopic (exact) mass is 358 g/mol. The first-order valence-corrected chi connectivity index (χ1v) is 10.2. The molecule has 2 heterocycles. The Balaban J connectivity index is 1.58. The Labute approximate surface area is 158 Å². The van der Waals surface area contributed by atoms with Crippen LogP contribution in [0.15, 0.2) is 18.2 Å². The number of aryl methyl sites for hydroxylation is 2. The molecule has 0 spiro atoms. The Morgan fingerprint density at radius 2 is 2.08 bits per heavy atom. The van der Waals surface area contributed by atoms with Crippen molar-refractivity contribution in [1.29, 1.82) is 0 Å². The van der Waals surface area contributed by atoms with Gasteiger partial charge in [-0.05, 0) is 57.1 Å². The van der Waals surface area contributed by atoms with Gasteiger partial charge >= 0.3 is 0 Å². The SMILES string of the molecule is CCOCCCN1C(=O)CC[C@@H]2CN(Cc3cc(C)ccc3C)CC[C@@H]21. The van der Waals surface area contributed by atoms with Crippen molar-refractivity contribution >= 4 is 5.91 Å². The highest BCUT2D eigenvalue weighted by Crippen LogP contribution is 2.32. The lowest BCUT2D eigenvalue weighted by atomic mass is 9.83. The fraction of sp³-hybridized carbons (Fsp3) is 0.682. The van der Waals surface area contributed by atoms with Gasteiger partial charge in [0.25, 0.3) is 0 Å². The zero-order chi connectivity index (χ0) is 18.5. The van der Waals surface area contributed by atoms with Gasteiger partial charge in [-0.25, -0.2) is 0 Å². The number of benzene rings is 1. The highest BCUT2D eigenvalue weighted by molar-refractivity contribution is 5.77. The van der Waals surface area contributed by atoms with Gasteiger partial charge in [-0.3, -0.25) is 9.69 Å². The smallest absolute Gasteiger partial charge is 0.222 e. The van der Waals surface area contributed by atoms with E-state index < -0.39 is 0 Å². The van der Waals surface area contributed by atoms with Crippen molar-refractivity contribution in [1.82, 2.24) is 9.80 Å². The molecule has 26 heavy (non-hydrogen) atoms. The van der Waals surface area contributed by atoms with E-state index in [-0.39, 0.29) is 0 Å². The first-order chi connectivity index (χ1) is 12.6. The van der Waals surface area contributed by atoms with Crippen molar-refractivity contribution in [3.8, 4) is 0 Å². The van der Waals surface area contributed by atoms with Crippen LogP contribution in [0.1, 0.15) is 49.3 Å². The number of hydrogen-bond acceptors (Lipinski definition) is 3. The molecule has 2 atom stereocenters. The molecule has 0 aromatic heterocycles. The number of hydrogen-bond donors (Lipinski definition) is 0. The third kappa shape index (κ3) is 4.66. The van der Waals surface area contributed by atoms with Crippen molar-refractivity contribution in [2.45, 2.75) is 59.0 Å². The summed E-state index contributed by atoms with van der Waals surface area (Å²) in [5.41, 5.74) is 4.17. The predicted octanol–water partition coefficient (Wildman–Crippen LogP) is 3.54. The zero-order valence-corrected chi connectivity index (χ0v) is 16.7. The molecule has 1 amide bonds. The molecule has 1 aromatic rings. The molecule has 144 valence electrons. The van der Waals surface area contributed by atoms with Gasteiger partial charge in [0.2, 0.25) is 5.91 Å². The molecule has 0 bridgehead atoms. The summed E-state index contributed by atoms with van der Waals surface area (Å²) in [4.78, 5) is 17.2. The summed E-state index contributed by atoms with van der Waals surface area (Å²) in [6.07, 6.45) is 3.83. The van der Waals surface area contributed by atoms with Crippen molar-refractivity contribution in [2.24, 2.45) is 5.92 Å². The minimum absolute atomic E-state index is 0.353. The molecule has 4 heteroatoms. The fourth-order valence-electron chi connectivity index (χ4n) is 4.55. The number of rotatable bonds is 7. The van der Waals surface area contributed by atoms with E-state index in [1.165, 1.54) is 16.7 Å². The average molecular weight is 359 g/mol. The van der Waals surface area contributed by atoms with E-state index in [1.54, 1.807) is 0 Å². The van der Waals surface area contributed by atoms with E-state index in [9.17, 15) is 4.79 Å². The highest BCUT2D eigenvalue weighted by atomic mass is 16.5. The first kappa shape index (κ1) is 19.4. The van der Waals surface area contributed by atoms with Crippen LogP contribution in [0.4, 0.5) is 0 Å². The number of ether oxygens (including phenoxy) is 1. The maximum atomic E-state index is 12.4. The molecule has 0 unspecified atom stereocenters. The van der Waals surface area contributed by atoms with E-state index in [2.05, 4.69) is 41.8 Å². The molecule has 2 aliphatic heterocycles. The number of carbonyl (C=O) groups is 1. The van der Waals surface area contributed by atoms with Crippen LogP contribution in [0.25, 0.3) is 0 Å². The van der Waals surface area contributed by atoms with Crippen LogP contribution < -0.4 is 0 Å². The molecule has 4 nitrogen and oxygen atoms in total. The van der Waals surface area contributed by atoms with Crippen LogP contribution >= 0.6 is 0 Å². The van der Waals surface area contributed by atoms with Crippen LogP contribution in [-0.2, 0) is 16.1 Å². The Bertz CT molecular complexity index is 616. The predicted molar refractivity (Wildman–Crippen MR) is 105 cm³/mol. The van der Waals surface area contributed by atoms with E-state index in [4.69, 9.17) is 4.74 Å². The Morgan fingerprint density at radius 1 is 1.23 bits per heavy atom. The standard InChI is InChI=1S/C22H34N2O2/c1-4-26-13-5-11-24-21-10-12-23(15-19(21)8-9-22(24)25)16-20-14-17(2)6-7-18(20)3/h6-7,14,19,21H,4-5,8-13,15-16H2,1-3H3/t19-,21+/m1/s1. The summed E-state index contributed by atoms with van der Waals surface area (Å²) in [5.74, 6) is 0.976. The number of carbonyl (C=O) groups excluding carboxylic acids is 1. The lowest BCUT2D eigenvalue weighted by molar-refractivity contribution is -0.141. The molecule has 2 fully saturated rings. The molecule has 2 saturated heterocycles. The lowest BCUT2D eigenvalue weighted by Crippen LogP contribution is -2.56. The van der Waals surface area contributed by atoms with Crippen LogP contribution in [-0.4, -0.2) is 54.6 Å². The minimum atomic E-state index is 0.353. The molecule has 0 aliphatic carbocycles. The highest BCUT2D eigenvalue weighted by Gasteiger charge is 2.38. The molecule has 1 aromatic carbocycles. The number of amides is 1. The fourth-order valence-corrected chi connectivity index (χ4v) is 4.55. The van der Waals surface area contributed by atoms with Gasteiger partial charge in [-0.15, -0.1) is 0 Å². The Kier molecular flexibility index (Phi) is 6.71. The zero-order valence-electron chi connectivity index (χ0n) is 16.7. The minimum Gasteiger partial charge on any atom is -0.382 e. The van der Waals surface area contributed by atoms with Crippen molar-refractivity contribution < 1.29 is 9.53 Å². The van der Waals surface area contributed by atoms with Crippen LogP contribution in [0.2, 0.25) is 0 Å². The molecule has 2 aliphatic rings. The number of nitrogens with zero attached hydrogens (tertiary/aromatic N) is 2. The molecule has 0 N–H and O–H groups in total. The van der Waals surface area contributed by atoms with Crippen LogP contribution in [0.5, 0.6) is 0 Å². The maximum Gasteiger partial charge on any atom is 0.222 e. The lowest BCUT2D eigenvalue weighted by Gasteiger charge is -2.47. The molecule has 0 saturated carbocycles. The third-order valence-electron chi connectivity index (χ3n) is 6.02. The van der Waals surface area contributed by atoms with Gasteiger partial charge in [-0.1, -0.05) is 23.8 Å². The second-order valence-corrected chi connectivity index (χ2v) is 7.96. The van der Waals surface area contributed by atoms with Gasteiger partial charge in [0.15, 0.2) is 0 Å². The van der Waals surface area contributed by atoms with Crippen molar-refractivity contribution in [3.05, 3.63) is 34.9 Å². The summed E-state index contributed by atoms with van der Waals surface area (Å²) < 4.78 is 5.45. The van der Waals surface area contributed by atoms with E-state index in [0.29, 0.717) is 24.3 Å². The first-order valence-electron chi connectivity index (χ1n) is 10.2. The average Bonchev–Trinajstić information content (AvgIpc) is 2.63. The normalized spacial score (nSPS) is 24.0.